The van der Waals surface area contributed by atoms with Crippen molar-refractivity contribution < 1.29 is 0 Å². The molecule has 3 heterocycles. The summed E-state index contributed by atoms with van der Waals surface area (Å²) in [5, 5.41) is 0.811. The summed E-state index contributed by atoms with van der Waals surface area (Å²) < 4.78 is 1.39. The van der Waals surface area contributed by atoms with Crippen molar-refractivity contribution in [1.82, 2.24) is 19.5 Å². The van der Waals surface area contributed by atoms with Gasteiger partial charge in [-0.25, -0.2) is 14.3 Å². The van der Waals surface area contributed by atoms with Crippen LogP contribution in [0.5, 0.6) is 0 Å². The zero-order chi connectivity index (χ0) is 17.6. The molecule has 0 fully saturated rings. The minimum Gasteiger partial charge on any atom is -0.259 e. The standard InChI is InChI=1S/C16H13Cl3N4O/c1-7(2)11-12(8(3)4-5-20-11)23-15-9(13(18)22-16(23)24)6-10(17)14(19)21-15/h4-7H,1-3H3. The van der Waals surface area contributed by atoms with Crippen LogP contribution in [0.4, 0.5) is 0 Å². The minimum absolute atomic E-state index is 0.0324. The molecule has 0 bridgehead atoms. The van der Waals surface area contributed by atoms with Crippen molar-refractivity contribution in [2.45, 2.75) is 26.7 Å². The summed E-state index contributed by atoms with van der Waals surface area (Å²) in [6.45, 7) is 5.89. The first-order valence-corrected chi connectivity index (χ1v) is 8.34. The molecule has 24 heavy (non-hydrogen) atoms. The van der Waals surface area contributed by atoms with Gasteiger partial charge in [-0.2, -0.15) is 4.98 Å². The maximum absolute atomic E-state index is 12.6. The molecule has 0 aliphatic carbocycles. The molecular formula is C16H13Cl3N4O. The Kier molecular flexibility index (Phi) is 4.51. The average molecular weight is 384 g/mol. The number of aryl methyl sites for hydroxylation is 1. The molecule has 0 radical (unpaired) electrons. The molecule has 8 heteroatoms. The molecular weight excluding hydrogens is 371 g/mol. The lowest BCUT2D eigenvalue weighted by atomic mass is 10.0. The molecule has 0 atom stereocenters. The second-order valence-corrected chi connectivity index (χ2v) is 6.79. The van der Waals surface area contributed by atoms with Gasteiger partial charge in [-0.05, 0) is 30.5 Å². The molecule has 124 valence electrons. The number of rotatable bonds is 2. The van der Waals surface area contributed by atoms with E-state index in [4.69, 9.17) is 34.8 Å². The monoisotopic (exact) mass is 382 g/mol. The van der Waals surface area contributed by atoms with Gasteiger partial charge in [0.1, 0.15) is 10.3 Å². The van der Waals surface area contributed by atoms with Crippen molar-refractivity contribution in [1.29, 1.82) is 0 Å². The highest BCUT2D eigenvalue weighted by atomic mass is 35.5. The summed E-state index contributed by atoms with van der Waals surface area (Å²) in [7, 11) is 0. The Balaban J connectivity index is 2.53. The van der Waals surface area contributed by atoms with Gasteiger partial charge in [0.25, 0.3) is 0 Å². The average Bonchev–Trinajstić information content (AvgIpc) is 2.50. The fourth-order valence-corrected chi connectivity index (χ4v) is 3.05. The maximum atomic E-state index is 12.6. The quantitative estimate of drug-likeness (QED) is 0.480. The fraction of sp³-hybridized carbons (Fsp3) is 0.250. The van der Waals surface area contributed by atoms with Crippen molar-refractivity contribution >= 4 is 45.8 Å². The zero-order valence-corrected chi connectivity index (χ0v) is 15.4. The normalized spacial score (nSPS) is 11.5. The van der Waals surface area contributed by atoms with E-state index in [0.717, 1.165) is 11.3 Å². The van der Waals surface area contributed by atoms with E-state index in [0.29, 0.717) is 16.7 Å². The molecule has 3 aromatic rings. The first-order valence-electron chi connectivity index (χ1n) is 7.21. The summed E-state index contributed by atoms with van der Waals surface area (Å²) in [5.74, 6) is 0.0975. The predicted molar refractivity (Wildman–Crippen MR) is 96.8 cm³/mol. The second-order valence-electron chi connectivity index (χ2n) is 5.67. The van der Waals surface area contributed by atoms with Crippen molar-refractivity contribution in [2.75, 3.05) is 0 Å². The van der Waals surface area contributed by atoms with Gasteiger partial charge < -0.3 is 0 Å². The van der Waals surface area contributed by atoms with Crippen LogP contribution in [-0.4, -0.2) is 19.5 Å². The van der Waals surface area contributed by atoms with E-state index in [2.05, 4.69) is 15.0 Å². The molecule has 0 aromatic carbocycles. The van der Waals surface area contributed by atoms with E-state index in [-0.39, 0.29) is 21.2 Å². The van der Waals surface area contributed by atoms with Crippen LogP contribution in [0.2, 0.25) is 15.3 Å². The van der Waals surface area contributed by atoms with Crippen LogP contribution < -0.4 is 5.69 Å². The van der Waals surface area contributed by atoms with Gasteiger partial charge in [0.15, 0.2) is 5.65 Å². The van der Waals surface area contributed by atoms with Crippen LogP contribution in [0.15, 0.2) is 23.1 Å². The largest absolute Gasteiger partial charge is 0.355 e. The number of pyridine rings is 2. The first-order chi connectivity index (χ1) is 11.3. The third-order valence-corrected chi connectivity index (χ3v) is 4.62. The molecule has 0 aliphatic rings. The number of hydrogen-bond donors (Lipinski definition) is 0. The summed E-state index contributed by atoms with van der Waals surface area (Å²) in [4.78, 5) is 25.2. The Bertz CT molecular complexity index is 1010. The van der Waals surface area contributed by atoms with Gasteiger partial charge in [0, 0.05) is 6.20 Å². The first kappa shape index (κ1) is 17.1. The van der Waals surface area contributed by atoms with Gasteiger partial charge >= 0.3 is 5.69 Å². The molecule has 0 N–H and O–H groups in total. The second kappa shape index (κ2) is 6.31. The summed E-state index contributed by atoms with van der Waals surface area (Å²) in [6, 6.07) is 3.38. The lowest BCUT2D eigenvalue weighted by Crippen LogP contribution is -2.25. The van der Waals surface area contributed by atoms with E-state index in [1.165, 1.54) is 4.57 Å². The van der Waals surface area contributed by atoms with Crippen LogP contribution in [0.25, 0.3) is 16.7 Å². The highest BCUT2D eigenvalue weighted by Gasteiger charge is 2.20. The van der Waals surface area contributed by atoms with E-state index in [1.807, 2.05) is 26.8 Å². The molecule has 0 aliphatic heterocycles. The third-order valence-electron chi connectivity index (χ3n) is 3.66. The lowest BCUT2D eigenvalue weighted by Gasteiger charge is -2.17. The van der Waals surface area contributed by atoms with E-state index in [9.17, 15) is 4.79 Å². The number of aromatic nitrogens is 4. The smallest absolute Gasteiger partial charge is 0.259 e. The summed E-state index contributed by atoms with van der Waals surface area (Å²) in [5.41, 5.74) is 2.02. The molecule has 3 aromatic heterocycles. The van der Waals surface area contributed by atoms with Crippen LogP contribution in [-0.2, 0) is 0 Å². The van der Waals surface area contributed by atoms with Gasteiger partial charge in [-0.1, -0.05) is 48.7 Å². The fourth-order valence-electron chi connectivity index (χ4n) is 2.55. The number of nitrogens with zero attached hydrogens (tertiary/aromatic N) is 4. The molecule has 3 rings (SSSR count). The van der Waals surface area contributed by atoms with Gasteiger partial charge in [-0.3, -0.25) is 4.98 Å². The molecule has 0 saturated heterocycles. The summed E-state index contributed by atoms with van der Waals surface area (Å²) in [6.07, 6.45) is 1.71. The number of halogens is 3. The summed E-state index contributed by atoms with van der Waals surface area (Å²) >= 11 is 18.2. The SMILES string of the molecule is Cc1ccnc(C(C)C)c1-n1c(=O)nc(Cl)c2cc(Cl)c(Cl)nc21. The number of hydrogen-bond acceptors (Lipinski definition) is 4. The predicted octanol–water partition coefficient (Wildman–Crippen LogP) is 4.57. The van der Waals surface area contributed by atoms with Crippen LogP contribution in [0.3, 0.4) is 0 Å². The topological polar surface area (TPSA) is 60.7 Å². The van der Waals surface area contributed by atoms with E-state index < -0.39 is 5.69 Å². The van der Waals surface area contributed by atoms with Gasteiger partial charge in [0.05, 0.1) is 21.8 Å². The molecule has 0 unspecified atom stereocenters. The van der Waals surface area contributed by atoms with Crippen LogP contribution >= 0.6 is 34.8 Å². The Morgan fingerprint density at radius 1 is 1.12 bits per heavy atom. The van der Waals surface area contributed by atoms with Crippen molar-refractivity contribution in [3.63, 3.8) is 0 Å². The Hall–Kier alpha value is -1.69. The molecule has 5 nitrogen and oxygen atoms in total. The zero-order valence-electron chi connectivity index (χ0n) is 13.1. The number of fused-ring (bicyclic) bond motifs is 1. The van der Waals surface area contributed by atoms with Crippen molar-refractivity contribution in [3.05, 3.63) is 55.4 Å². The maximum Gasteiger partial charge on any atom is 0.355 e. The Labute approximate surface area is 153 Å². The third kappa shape index (κ3) is 2.77. The van der Waals surface area contributed by atoms with Crippen molar-refractivity contribution in [2.24, 2.45) is 0 Å². The minimum atomic E-state index is -0.545. The van der Waals surface area contributed by atoms with E-state index in [1.54, 1.807) is 12.3 Å². The van der Waals surface area contributed by atoms with Crippen molar-refractivity contribution in [3.8, 4) is 5.69 Å². The van der Waals surface area contributed by atoms with Crippen LogP contribution in [0.1, 0.15) is 31.0 Å². The van der Waals surface area contributed by atoms with Crippen LogP contribution in [0, 0.1) is 6.92 Å². The molecule has 0 spiro atoms. The Morgan fingerprint density at radius 2 is 1.83 bits per heavy atom. The molecule has 0 amide bonds. The van der Waals surface area contributed by atoms with E-state index >= 15 is 0 Å². The van der Waals surface area contributed by atoms with Gasteiger partial charge in [0.2, 0.25) is 0 Å². The van der Waals surface area contributed by atoms with Gasteiger partial charge in [-0.15, -0.1) is 0 Å². The Morgan fingerprint density at radius 3 is 2.50 bits per heavy atom. The molecule has 0 saturated carbocycles. The lowest BCUT2D eigenvalue weighted by molar-refractivity contribution is 0.790. The highest BCUT2D eigenvalue weighted by molar-refractivity contribution is 6.42. The highest BCUT2D eigenvalue weighted by Crippen LogP contribution is 2.30.